The molecule has 0 heterocycles. The average Bonchev–Trinajstić information content (AvgIpc) is 3.54. The van der Waals surface area contributed by atoms with Crippen molar-refractivity contribution in [3.63, 3.8) is 0 Å². The first-order valence-electron chi connectivity index (χ1n) is 9.37. The second-order valence-corrected chi connectivity index (χ2v) is 7.49. The predicted octanol–water partition coefficient (Wildman–Crippen LogP) is 4.15. The molecule has 4 nitrogen and oxygen atoms in total. The quantitative estimate of drug-likeness (QED) is 0.852. The largest absolute Gasteiger partial charge is 0.331 e. The van der Waals surface area contributed by atoms with Gasteiger partial charge >= 0.3 is 0 Å². The molecule has 2 aliphatic carbocycles. The smallest absolute Gasteiger partial charge is 0.254 e. The Morgan fingerprint density at radius 2 is 1.62 bits per heavy atom. The molecule has 2 amide bonds. The number of anilines is 1. The van der Waals surface area contributed by atoms with Crippen LogP contribution in [-0.2, 0) is 11.3 Å². The van der Waals surface area contributed by atoms with E-state index in [-0.39, 0.29) is 17.7 Å². The van der Waals surface area contributed by atoms with Gasteiger partial charge in [-0.05, 0) is 62.4 Å². The molecule has 0 aromatic heterocycles. The average molecular weight is 348 g/mol. The zero-order chi connectivity index (χ0) is 18.1. The molecule has 134 valence electrons. The van der Waals surface area contributed by atoms with E-state index in [2.05, 4.69) is 36.5 Å². The lowest BCUT2D eigenvalue weighted by Crippen LogP contribution is -2.32. The van der Waals surface area contributed by atoms with Crippen molar-refractivity contribution in [2.45, 2.75) is 45.2 Å². The molecule has 2 fully saturated rings. The zero-order valence-corrected chi connectivity index (χ0v) is 15.1. The van der Waals surface area contributed by atoms with Gasteiger partial charge in [0.2, 0.25) is 5.91 Å². The van der Waals surface area contributed by atoms with Gasteiger partial charge in [-0.3, -0.25) is 9.59 Å². The molecule has 2 aromatic carbocycles. The van der Waals surface area contributed by atoms with Crippen molar-refractivity contribution in [2.75, 3.05) is 5.32 Å². The number of nitrogens with zero attached hydrogens (tertiary/aromatic N) is 1. The van der Waals surface area contributed by atoms with E-state index in [1.54, 1.807) is 0 Å². The Morgan fingerprint density at radius 1 is 0.962 bits per heavy atom. The first-order valence-corrected chi connectivity index (χ1v) is 9.37. The molecule has 0 saturated heterocycles. The first kappa shape index (κ1) is 16.8. The topological polar surface area (TPSA) is 49.4 Å². The number of nitrogens with one attached hydrogen (secondary N) is 1. The second kappa shape index (κ2) is 6.94. The van der Waals surface area contributed by atoms with E-state index in [1.807, 2.05) is 29.2 Å². The van der Waals surface area contributed by atoms with Crippen LogP contribution >= 0.6 is 0 Å². The third-order valence-corrected chi connectivity index (χ3v) is 5.07. The molecule has 4 heteroatoms. The van der Waals surface area contributed by atoms with Gasteiger partial charge in [-0.25, -0.2) is 0 Å². The van der Waals surface area contributed by atoms with Crippen LogP contribution in [0.4, 0.5) is 5.69 Å². The third kappa shape index (κ3) is 3.96. The van der Waals surface area contributed by atoms with Crippen LogP contribution in [0.25, 0.3) is 0 Å². The zero-order valence-electron chi connectivity index (χ0n) is 15.1. The number of benzene rings is 2. The highest BCUT2D eigenvalue weighted by Gasteiger charge is 2.33. The molecule has 4 rings (SSSR count). The summed E-state index contributed by atoms with van der Waals surface area (Å²) in [6, 6.07) is 16.0. The van der Waals surface area contributed by atoms with E-state index in [0.717, 1.165) is 36.9 Å². The number of amides is 2. The van der Waals surface area contributed by atoms with Gasteiger partial charge < -0.3 is 10.2 Å². The molecule has 2 aromatic rings. The van der Waals surface area contributed by atoms with E-state index < -0.39 is 0 Å². The first-order chi connectivity index (χ1) is 12.6. The van der Waals surface area contributed by atoms with Crippen molar-refractivity contribution < 1.29 is 9.59 Å². The van der Waals surface area contributed by atoms with Crippen LogP contribution < -0.4 is 5.32 Å². The maximum absolute atomic E-state index is 13.0. The van der Waals surface area contributed by atoms with Crippen molar-refractivity contribution >= 4 is 17.5 Å². The van der Waals surface area contributed by atoms with E-state index in [4.69, 9.17) is 0 Å². The van der Waals surface area contributed by atoms with Crippen LogP contribution in [0, 0.1) is 12.8 Å². The summed E-state index contributed by atoms with van der Waals surface area (Å²) in [7, 11) is 0. The van der Waals surface area contributed by atoms with E-state index in [0.29, 0.717) is 18.2 Å². The number of carbonyl (C=O) groups excluding carboxylic acids is 2. The van der Waals surface area contributed by atoms with Gasteiger partial charge in [0.25, 0.3) is 5.91 Å². The minimum absolute atomic E-state index is 0.0631. The molecule has 0 spiro atoms. The molecule has 26 heavy (non-hydrogen) atoms. The molecule has 0 radical (unpaired) electrons. The summed E-state index contributed by atoms with van der Waals surface area (Å²) >= 11 is 0. The van der Waals surface area contributed by atoms with Crippen LogP contribution in [0.5, 0.6) is 0 Å². The van der Waals surface area contributed by atoms with Crippen LogP contribution in [0.1, 0.15) is 47.2 Å². The number of rotatable bonds is 6. The summed E-state index contributed by atoms with van der Waals surface area (Å²) in [6.45, 7) is 2.71. The Labute approximate surface area is 154 Å². The third-order valence-electron chi connectivity index (χ3n) is 5.07. The van der Waals surface area contributed by atoms with Crippen molar-refractivity contribution in [2.24, 2.45) is 5.92 Å². The lowest BCUT2D eigenvalue weighted by atomic mass is 10.1. The molecule has 0 bridgehead atoms. The van der Waals surface area contributed by atoms with Gasteiger partial charge in [-0.2, -0.15) is 0 Å². The highest BCUT2D eigenvalue weighted by molar-refractivity contribution is 5.97. The van der Waals surface area contributed by atoms with Gasteiger partial charge in [-0.1, -0.05) is 29.8 Å². The number of carbonyl (C=O) groups is 2. The summed E-state index contributed by atoms with van der Waals surface area (Å²) in [6.07, 6.45) is 4.12. The second-order valence-electron chi connectivity index (χ2n) is 7.49. The van der Waals surface area contributed by atoms with Crippen molar-refractivity contribution in [3.05, 3.63) is 65.2 Å². The lowest BCUT2D eigenvalue weighted by Gasteiger charge is -2.23. The number of hydrogen-bond acceptors (Lipinski definition) is 2. The highest BCUT2D eigenvalue weighted by atomic mass is 16.2. The Morgan fingerprint density at radius 3 is 2.19 bits per heavy atom. The lowest BCUT2D eigenvalue weighted by molar-refractivity contribution is -0.117. The molecule has 0 atom stereocenters. The number of aryl methyl sites for hydroxylation is 1. The van der Waals surface area contributed by atoms with Gasteiger partial charge in [0.1, 0.15) is 0 Å². The standard InChI is InChI=1S/C22H24N2O2/c1-15-2-4-16(5-3-15)14-24(20-12-13-20)22(26)18-8-10-19(11-9-18)23-21(25)17-6-7-17/h2-5,8-11,17,20H,6-7,12-14H2,1H3,(H,23,25). The van der Waals surface area contributed by atoms with Crippen molar-refractivity contribution in [1.82, 2.24) is 4.90 Å². The SMILES string of the molecule is Cc1ccc(CN(C(=O)c2ccc(NC(=O)C3CC3)cc2)C2CC2)cc1. The maximum Gasteiger partial charge on any atom is 0.254 e. The van der Waals surface area contributed by atoms with E-state index in [9.17, 15) is 9.59 Å². The molecule has 0 unspecified atom stereocenters. The van der Waals surface area contributed by atoms with Crippen molar-refractivity contribution in [3.8, 4) is 0 Å². The summed E-state index contributed by atoms with van der Waals surface area (Å²) in [5.74, 6) is 0.326. The summed E-state index contributed by atoms with van der Waals surface area (Å²) in [4.78, 5) is 26.8. The number of hydrogen-bond donors (Lipinski definition) is 1. The molecule has 2 aliphatic rings. The maximum atomic E-state index is 13.0. The Kier molecular flexibility index (Phi) is 4.49. The van der Waals surface area contributed by atoms with Crippen LogP contribution in [0.2, 0.25) is 0 Å². The monoisotopic (exact) mass is 348 g/mol. The van der Waals surface area contributed by atoms with Crippen LogP contribution in [0.3, 0.4) is 0 Å². The Bertz CT molecular complexity index is 803. The molecular weight excluding hydrogens is 324 g/mol. The van der Waals surface area contributed by atoms with Crippen LogP contribution in [-0.4, -0.2) is 22.8 Å². The highest BCUT2D eigenvalue weighted by Crippen LogP contribution is 2.31. The van der Waals surface area contributed by atoms with Crippen molar-refractivity contribution in [1.29, 1.82) is 0 Å². The molecule has 0 aliphatic heterocycles. The fraction of sp³-hybridized carbons (Fsp3) is 0.364. The molecular formula is C22H24N2O2. The summed E-state index contributed by atoms with van der Waals surface area (Å²) in [5, 5.41) is 2.92. The van der Waals surface area contributed by atoms with Gasteiger partial charge in [0.05, 0.1) is 0 Å². The normalized spacial score (nSPS) is 16.2. The van der Waals surface area contributed by atoms with Gasteiger partial charge in [0, 0.05) is 29.8 Å². The minimum atomic E-state index is 0.0631. The fourth-order valence-electron chi connectivity index (χ4n) is 3.09. The predicted molar refractivity (Wildman–Crippen MR) is 102 cm³/mol. The van der Waals surface area contributed by atoms with Gasteiger partial charge in [-0.15, -0.1) is 0 Å². The fourth-order valence-corrected chi connectivity index (χ4v) is 3.09. The Balaban J connectivity index is 1.45. The van der Waals surface area contributed by atoms with Gasteiger partial charge in [0.15, 0.2) is 0 Å². The van der Waals surface area contributed by atoms with E-state index >= 15 is 0 Å². The Hall–Kier alpha value is -2.62. The van der Waals surface area contributed by atoms with E-state index in [1.165, 1.54) is 5.56 Å². The molecule has 1 N–H and O–H groups in total. The van der Waals surface area contributed by atoms with Crippen LogP contribution in [0.15, 0.2) is 48.5 Å². The summed E-state index contributed by atoms with van der Waals surface area (Å²) < 4.78 is 0. The minimum Gasteiger partial charge on any atom is -0.331 e. The molecule has 2 saturated carbocycles. The summed E-state index contributed by atoms with van der Waals surface area (Å²) in [5.41, 5.74) is 3.81.